The van der Waals surface area contributed by atoms with Crippen molar-refractivity contribution in [2.24, 2.45) is 0 Å². The number of rotatable bonds is 5. The van der Waals surface area contributed by atoms with E-state index in [0.717, 1.165) is 4.57 Å². The number of hydrogen-bond donors (Lipinski definition) is 1. The number of halogens is 3. The average Bonchev–Trinajstić information content (AvgIpc) is 2.89. The van der Waals surface area contributed by atoms with Crippen LogP contribution in [0.25, 0.3) is 0 Å². The van der Waals surface area contributed by atoms with E-state index in [1.165, 1.54) is 19.5 Å². The molecular weight excluding hydrogens is 299 g/mol. The monoisotopic (exact) mass is 313 g/mol. The Bertz CT molecular complexity index is 653. The van der Waals surface area contributed by atoms with Gasteiger partial charge < -0.3 is 14.6 Å². The second kappa shape index (κ2) is 6.50. The minimum Gasteiger partial charge on any atom is -0.465 e. The summed E-state index contributed by atoms with van der Waals surface area (Å²) in [5.74, 6) is -0.307. The number of methoxy groups -OCH3 is 1. The Labute approximate surface area is 124 Å². The first-order valence-electron chi connectivity index (χ1n) is 6.38. The average molecular weight is 313 g/mol. The predicted molar refractivity (Wildman–Crippen MR) is 73.4 cm³/mol. The maximum atomic E-state index is 12.4. The fraction of sp³-hybridized carbons (Fsp3) is 0.286. The number of para-hydroxylation sites is 1. The van der Waals surface area contributed by atoms with Crippen LogP contribution in [0.4, 0.5) is 18.9 Å². The van der Waals surface area contributed by atoms with E-state index in [0.29, 0.717) is 11.3 Å². The van der Waals surface area contributed by atoms with Gasteiger partial charge in [0, 0.05) is 18.1 Å². The first kappa shape index (κ1) is 15.9. The van der Waals surface area contributed by atoms with Crippen LogP contribution in [0.3, 0.4) is 0 Å². The predicted octanol–water partition coefficient (Wildman–Crippen LogP) is 2.84. The summed E-state index contributed by atoms with van der Waals surface area (Å²) in [4.78, 5) is 15.5. The lowest BCUT2D eigenvalue weighted by molar-refractivity contribution is -0.141. The zero-order chi connectivity index (χ0) is 16.2. The fourth-order valence-corrected chi connectivity index (χ4v) is 1.94. The summed E-state index contributed by atoms with van der Waals surface area (Å²) >= 11 is 0. The number of benzene rings is 1. The van der Waals surface area contributed by atoms with Crippen molar-refractivity contribution in [3.8, 4) is 0 Å². The Morgan fingerprint density at radius 3 is 2.77 bits per heavy atom. The highest BCUT2D eigenvalue weighted by atomic mass is 19.4. The SMILES string of the molecule is COC(=O)c1ccccc1NCc1nccn1CC(F)(F)F. The second-order valence-corrected chi connectivity index (χ2v) is 4.48. The highest BCUT2D eigenvalue weighted by Crippen LogP contribution is 2.20. The molecule has 2 aromatic rings. The number of ether oxygens (including phenoxy) is 1. The number of nitrogens with one attached hydrogen (secondary N) is 1. The van der Waals surface area contributed by atoms with Crippen LogP contribution in [0.15, 0.2) is 36.7 Å². The number of alkyl halides is 3. The van der Waals surface area contributed by atoms with E-state index in [-0.39, 0.29) is 12.4 Å². The van der Waals surface area contributed by atoms with Crippen LogP contribution in [-0.2, 0) is 17.8 Å². The Morgan fingerprint density at radius 1 is 1.36 bits per heavy atom. The summed E-state index contributed by atoms with van der Waals surface area (Å²) in [5.41, 5.74) is 0.773. The number of aromatic nitrogens is 2. The summed E-state index contributed by atoms with van der Waals surface area (Å²) < 4.78 is 43.0. The lowest BCUT2D eigenvalue weighted by atomic mass is 10.2. The van der Waals surface area contributed by atoms with E-state index in [1.54, 1.807) is 24.3 Å². The number of hydrogen-bond acceptors (Lipinski definition) is 4. The molecule has 0 bridgehead atoms. The molecule has 0 atom stereocenters. The quantitative estimate of drug-likeness (QED) is 0.863. The molecular formula is C14H14F3N3O2. The van der Waals surface area contributed by atoms with Crippen LogP contribution in [0.1, 0.15) is 16.2 Å². The third-order valence-electron chi connectivity index (χ3n) is 2.92. The van der Waals surface area contributed by atoms with E-state index < -0.39 is 18.7 Å². The fourth-order valence-electron chi connectivity index (χ4n) is 1.94. The first-order valence-corrected chi connectivity index (χ1v) is 6.38. The summed E-state index contributed by atoms with van der Waals surface area (Å²) in [6.45, 7) is -1.06. The Hall–Kier alpha value is -2.51. The van der Waals surface area contributed by atoms with Crippen LogP contribution in [0, 0.1) is 0 Å². The number of nitrogens with zero attached hydrogens (tertiary/aromatic N) is 2. The van der Waals surface area contributed by atoms with E-state index in [2.05, 4.69) is 15.0 Å². The molecule has 0 aliphatic heterocycles. The molecule has 1 aromatic carbocycles. The zero-order valence-electron chi connectivity index (χ0n) is 11.7. The Balaban J connectivity index is 2.12. The van der Waals surface area contributed by atoms with Crippen LogP contribution in [0.2, 0.25) is 0 Å². The van der Waals surface area contributed by atoms with Crippen molar-refractivity contribution >= 4 is 11.7 Å². The Kier molecular flexibility index (Phi) is 4.69. The molecule has 22 heavy (non-hydrogen) atoms. The van der Waals surface area contributed by atoms with E-state index >= 15 is 0 Å². The molecule has 0 radical (unpaired) electrons. The maximum Gasteiger partial charge on any atom is 0.406 e. The summed E-state index contributed by atoms with van der Waals surface area (Å²) in [6, 6.07) is 6.58. The molecule has 1 heterocycles. The number of carbonyl (C=O) groups is 1. The van der Waals surface area contributed by atoms with Crippen molar-refractivity contribution in [3.63, 3.8) is 0 Å². The minimum atomic E-state index is -4.32. The number of anilines is 1. The second-order valence-electron chi connectivity index (χ2n) is 4.48. The van der Waals surface area contributed by atoms with Gasteiger partial charge in [-0.15, -0.1) is 0 Å². The van der Waals surface area contributed by atoms with Gasteiger partial charge in [0.2, 0.25) is 0 Å². The summed E-state index contributed by atoms with van der Waals surface area (Å²) in [7, 11) is 1.26. The van der Waals surface area contributed by atoms with Gasteiger partial charge >= 0.3 is 12.1 Å². The van der Waals surface area contributed by atoms with Gasteiger partial charge in [-0.2, -0.15) is 13.2 Å². The third kappa shape index (κ3) is 4.00. The zero-order valence-corrected chi connectivity index (χ0v) is 11.7. The van der Waals surface area contributed by atoms with Crippen LogP contribution >= 0.6 is 0 Å². The summed E-state index contributed by atoms with van der Waals surface area (Å²) in [6.07, 6.45) is -1.76. The molecule has 0 aliphatic rings. The molecule has 0 fully saturated rings. The highest BCUT2D eigenvalue weighted by Gasteiger charge is 2.28. The van der Waals surface area contributed by atoms with Gasteiger partial charge in [0.1, 0.15) is 12.4 Å². The standard InChI is InChI=1S/C14H14F3N3O2/c1-22-13(21)10-4-2-3-5-11(10)19-8-12-18-6-7-20(12)9-14(15,16)17/h2-7,19H,8-9H2,1H3. The summed E-state index contributed by atoms with van der Waals surface area (Å²) in [5, 5.41) is 2.91. The number of esters is 1. The largest absolute Gasteiger partial charge is 0.465 e. The molecule has 1 aromatic heterocycles. The number of carbonyl (C=O) groups excluding carboxylic acids is 1. The van der Waals surface area contributed by atoms with Crippen LogP contribution < -0.4 is 5.32 Å². The first-order chi connectivity index (χ1) is 10.4. The van der Waals surface area contributed by atoms with Crippen molar-refractivity contribution in [1.29, 1.82) is 0 Å². The lowest BCUT2D eigenvalue weighted by Crippen LogP contribution is -2.20. The maximum absolute atomic E-state index is 12.4. The lowest BCUT2D eigenvalue weighted by Gasteiger charge is -2.13. The van der Waals surface area contributed by atoms with Crippen molar-refractivity contribution in [1.82, 2.24) is 9.55 Å². The normalized spacial score (nSPS) is 11.3. The van der Waals surface area contributed by atoms with E-state index in [9.17, 15) is 18.0 Å². The van der Waals surface area contributed by atoms with Gasteiger partial charge in [0.05, 0.1) is 19.2 Å². The molecule has 0 unspecified atom stereocenters. The van der Waals surface area contributed by atoms with Crippen molar-refractivity contribution in [2.45, 2.75) is 19.3 Å². The molecule has 2 rings (SSSR count). The minimum absolute atomic E-state index is 0.0527. The van der Waals surface area contributed by atoms with Gasteiger partial charge in [-0.1, -0.05) is 12.1 Å². The van der Waals surface area contributed by atoms with Gasteiger partial charge in [-0.05, 0) is 12.1 Å². The van der Waals surface area contributed by atoms with Gasteiger partial charge in [0.25, 0.3) is 0 Å². The number of imidazole rings is 1. The third-order valence-corrected chi connectivity index (χ3v) is 2.92. The van der Waals surface area contributed by atoms with Crippen LogP contribution in [0.5, 0.6) is 0 Å². The van der Waals surface area contributed by atoms with Crippen molar-refractivity contribution < 1.29 is 22.7 Å². The van der Waals surface area contributed by atoms with Gasteiger partial charge in [-0.25, -0.2) is 9.78 Å². The molecule has 0 aliphatic carbocycles. The highest BCUT2D eigenvalue weighted by molar-refractivity contribution is 5.95. The topological polar surface area (TPSA) is 56.1 Å². The molecule has 0 saturated heterocycles. The molecule has 0 saturated carbocycles. The van der Waals surface area contributed by atoms with Crippen LogP contribution in [-0.4, -0.2) is 28.8 Å². The van der Waals surface area contributed by atoms with Crippen molar-refractivity contribution in [3.05, 3.63) is 48.0 Å². The van der Waals surface area contributed by atoms with Crippen molar-refractivity contribution in [2.75, 3.05) is 12.4 Å². The van der Waals surface area contributed by atoms with Gasteiger partial charge in [-0.3, -0.25) is 0 Å². The molecule has 118 valence electrons. The molecule has 8 heteroatoms. The van der Waals surface area contributed by atoms with E-state index in [4.69, 9.17) is 0 Å². The molecule has 1 N–H and O–H groups in total. The van der Waals surface area contributed by atoms with Gasteiger partial charge in [0.15, 0.2) is 0 Å². The molecule has 5 nitrogen and oxygen atoms in total. The molecule has 0 amide bonds. The molecule has 0 spiro atoms. The Morgan fingerprint density at radius 2 is 2.09 bits per heavy atom. The van der Waals surface area contributed by atoms with E-state index in [1.807, 2.05) is 0 Å². The smallest absolute Gasteiger partial charge is 0.406 e.